The number of unbranched alkanes of at least 4 members (excludes halogenated alkanes) is 3. The van der Waals surface area contributed by atoms with Crippen LogP contribution in [-0.2, 0) is 6.42 Å². The highest BCUT2D eigenvalue weighted by atomic mass is 14.4. The highest BCUT2D eigenvalue weighted by Crippen LogP contribution is 2.48. The molecular formula is C30H42. The summed E-state index contributed by atoms with van der Waals surface area (Å²) in [7, 11) is 0. The summed E-state index contributed by atoms with van der Waals surface area (Å²) in [4.78, 5) is 0. The third-order valence-electron chi connectivity index (χ3n) is 8.22. The fraction of sp³-hybridized carbons (Fsp3) is 0.600. The Kier molecular flexibility index (Phi) is 7.69. The molecule has 2 aromatic carbocycles. The number of benzene rings is 2. The quantitative estimate of drug-likeness (QED) is 0.289. The van der Waals surface area contributed by atoms with Crippen molar-refractivity contribution in [2.24, 2.45) is 17.8 Å². The molecule has 0 spiro atoms. The van der Waals surface area contributed by atoms with Crippen LogP contribution in [0.15, 0.2) is 49.1 Å². The van der Waals surface area contributed by atoms with Crippen molar-refractivity contribution < 1.29 is 0 Å². The van der Waals surface area contributed by atoms with Gasteiger partial charge in [0, 0.05) is 0 Å². The van der Waals surface area contributed by atoms with Crippen LogP contribution in [0.5, 0.6) is 0 Å². The average molecular weight is 403 g/mol. The molecule has 30 heavy (non-hydrogen) atoms. The van der Waals surface area contributed by atoms with Gasteiger partial charge >= 0.3 is 0 Å². The van der Waals surface area contributed by atoms with Gasteiger partial charge in [0.1, 0.15) is 0 Å². The summed E-state index contributed by atoms with van der Waals surface area (Å²) in [6.45, 7) is 6.17. The fourth-order valence-electron chi connectivity index (χ4n) is 6.40. The minimum Gasteiger partial charge on any atom is -0.103 e. The molecule has 0 saturated heterocycles. The van der Waals surface area contributed by atoms with E-state index in [-0.39, 0.29) is 0 Å². The van der Waals surface area contributed by atoms with Crippen LogP contribution in [0.1, 0.15) is 101 Å². The molecule has 4 rings (SSSR count). The van der Waals surface area contributed by atoms with Gasteiger partial charge in [-0.3, -0.25) is 0 Å². The first-order chi connectivity index (χ1) is 14.8. The smallest absolute Gasteiger partial charge is 0.0159 e. The summed E-state index contributed by atoms with van der Waals surface area (Å²) >= 11 is 0. The van der Waals surface area contributed by atoms with E-state index in [1.165, 1.54) is 87.0 Å². The number of hydrogen-bond donors (Lipinski definition) is 0. The second-order valence-corrected chi connectivity index (χ2v) is 10.3. The first-order valence-corrected chi connectivity index (χ1v) is 12.9. The first kappa shape index (κ1) is 21.7. The largest absolute Gasteiger partial charge is 0.103 e. The first-order valence-electron chi connectivity index (χ1n) is 12.9. The van der Waals surface area contributed by atoms with Crippen LogP contribution >= 0.6 is 0 Å². The van der Waals surface area contributed by atoms with Gasteiger partial charge in [0.25, 0.3) is 0 Å². The van der Waals surface area contributed by atoms with Crippen LogP contribution in [0.3, 0.4) is 0 Å². The minimum absolute atomic E-state index is 0.789. The van der Waals surface area contributed by atoms with Gasteiger partial charge in [-0.05, 0) is 90.5 Å². The van der Waals surface area contributed by atoms with E-state index in [2.05, 4.69) is 49.9 Å². The fourth-order valence-corrected chi connectivity index (χ4v) is 6.40. The SMILES string of the molecule is C=CCCc1ccc2cc([C@@H]3CC[C@@H]4CC(CCCCCC)CCC4C3)ccc2c1. The average Bonchev–Trinajstić information content (AvgIpc) is 2.79. The Morgan fingerprint density at radius 1 is 0.867 bits per heavy atom. The van der Waals surface area contributed by atoms with Gasteiger partial charge in [-0.15, -0.1) is 6.58 Å². The van der Waals surface area contributed by atoms with Gasteiger partial charge in [-0.25, -0.2) is 0 Å². The van der Waals surface area contributed by atoms with Crippen LogP contribution < -0.4 is 0 Å². The van der Waals surface area contributed by atoms with E-state index in [0.717, 1.165) is 36.5 Å². The second-order valence-electron chi connectivity index (χ2n) is 10.3. The van der Waals surface area contributed by atoms with Crippen molar-refractivity contribution in [1.29, 1.82) is 0 Å². The third-order valence-corrected chi connectivity index (χ3v) is 8.22. The Morgan fingerprint density at radius 3 is 2.53 bits per heavy atom. The van der Waals surface area contributed by atoms with Crippen molar-refractivity contribution in [3.8, 4) is 0 Å². The Morgan fingerprint density at radius 2 is 1.67 bits per heavy atom. The maximum atomic E-state index is 3.85. The summed E-state index contributed by atoms with van der Waals surface area (Å²) in [6.07, 6.45) is 20.3. The third kappa shape index (κ3) is 5.37. The van der Waals surface area contributed by atoms with Crippen molar-refractivity contribution in [1.82, 2.24) is 0 Å². The lowest BCUT2D eigenvalue weighted by atomic mass is 9.63. The molecule has 0 radical (unpaired) electrons. The van der Waals surface area contributed by atoms with Crippen molar-refractivity contribution >= 4 is 10.8 Å². The molecule has 0 amide bonds. The van der Waals surface area contributed by atoms with Gasteiger partial charge in [0.2, 0.25) is 0 Å². The highest BCUT2D eigenvalue weighted by molar-refractivity contribution is 5.84. The number of fused-ring (bicyclic) bond motifs is 2. The van der Waals surface area contributed by atoms with E-state index in [4.69, 9.17) is 0 Å². The molecule has 0 aromatic heterocycles. The van der Waals surface area contributed by atoms with Crippen LogP contribution in [0.4, 0.5) is 0 Å². The molecule has 0 nitrogen and oxygen atoms in total. The molecule has 0 heteroatoms. The molecule has 0 aliphatic heterocycles. The highest BCUT2D eigenvalue weighted by Gasteiger charge is 2.35. The molecule has 2 aromatic rings. The Hall–Kier alpha value is -1.56. The molecule has 0 N–H and O–H groups in total. The lowest BCUT2D eigenvalue weighted by Crippen LogP contribution is -2.30. The van der Waals surface area contributed by atoms with Crippen molar-refractivity contribution in [3.63, 3.8) is 0 Å². The maximum absolute atomic E-state index is 3.85. The molecule has 4 atom stereocenters. The van der Waals surface area contributed by atoms with E-state index < -0.39 is 0 Å². The Bertz CT molecular complexity index is 816. The van der Waals surface area contributed by atoms with Gasteiger partial charge in [0.15, 0.2) is 0 Å². The monoisotopic (exact) mass is 402 g/mol. The second kappa shape index (κ2) is 10.7. The molecule has 2 unspecified atom stereocenters. The van der Waals surface area contributed by atoms with Crippen LogP contribution in [0.25, 0.3) is 10.8 Å². The van der Waals surface area contributed by atoms with Crippen molar-refractivity contribution in [2.45, 2.75) is 96.3 Å². The number of hydrogen-bond acceptors (Lipinski definition) is 0. The van der Waals surface area contributed by atoms with Gasteiger partial charge < -0.3 is 0 Å². The zero-order valence-electron chi connectivity index (χ0n) is 19.3. The van der Waals surface area contributed by atoms with Crippen molar-refractivity contribution in [2.75, 3.05) is 0 Å². The number of allylic oxidation sites excluding steroid dienone is 1. The maximum Gasteiger partial charge on any atom is -0.0159 e. The van der Waals surface area contributed by atoms with Crippen LogP contribution in [0, 0.1) is 17.8 Å². The van der Waals surface area contributed by atoms with E-state index in [9.17, 15) is 0 Å². The summed E-state index contributed by atoms with van der Waals surface area (Å²) < 4.78 is 0. The summed E-state index contributed by atoms with van der Waals surface area (Å²) in [5.74, 6) is 3.85. The molecular weight excluding hydrogens is 360 g/mol. The molecule has 2 aliphatic carbocycles. The topological polar surface area (TPSA) is 0 Å². The molecule has 2 aliphatic rings. The zero-order valence-corrected chi connectivity index (χ0v) is 19.3. The predicted molar refractivity (Wildman–Crippen MR) is 132 cm³/mol. The summed E-state index contributed by atoms with van der Waals surface area (Å²) in [5.41, 5.74) is 3.03. The molecule has 0 bridgehead atoms. The lowest BCUT2D eigenvalue weighted by molar-refractivity contribution is 0.113. The summed E-state index contributed by atoms with van der Waals surface area (Å²) in [6, 6.07) is 14.3. The van der Waals surface area contributed by atoms with E-state index in [0.29, 0.717) is 0 Å². The number of aryl methyl sites for hydroxylation is 1. The standard InChI is InChI=1S/C30H42/c1-3-5-7-8-10-24-12-14-28-22-30(18-16-26(28)20-24)29-17-15-25-19-23(9-6-4-2)11-13-27(25)21-29/h4,11,13,15,17,19,21,24,26,28,30H,2-3,5-10,12,14,16,18,20,22H2,1H3/t24?,26-,28?,30-/m1/s1. The minimum atomic E-state index is 0.789. The normalized spacial score (nSPS) is 26.4. The van der Waals surface area contributed by atoms with E-state index in [1.54, 1.807) is 5.56 Å². The molecule has 2 saturated carbocycles. The van der Waals surface area contributed by atoms with Crippen LogP contribution in [0.2, 0.25) is 0 Å². The lowest BCUT2D eigenvalue weighted by Gasteiger charge is -2.42. The number of rotatable bonds is 9. The van der Waals surface area contributed by atoms with E-state index in [1.807, 2.05) is 6.08 Å². The van der Waals surface area contributed by atoms with Gasteiger partial charge in [-0.2, -0.15) is 0 Å². The zero-order chi connectivity index (χ0) is 20.8. The summed E-state index contributed by atoms with van der Waals surface area (Å²) in [5, 5.41) is 2.82. The Balaban J connectivity index is 1.34. The molecule has 0 heterocycles. The van der Waals surface area contributed by atoms with Gasteiger partial charge in [-0.1, -0.05) is 87.9 Å². The van der Waals surface area contributed by atoms with Crippen LogP contribution in [-0.4, -0.2) is 0 Å². The van der Waals surface area contributed by atoms with E-state index >= 15 is 0 Å². The van der Waals surface area contributed by atoms with Gasteiger partial charge in [0.05, 0.1) is 0 Å². The predicted octanol–water partition coefficient (Wildman–Crippen LogP) is 9.23. The Labute approximate surface area is 185 Å². The molecule has 2 fully saturated rings. The molecule has 162 valence electrons. The van der Waals surface area contributed by atoms with Crippen molar-refractivity contribution in [3.05, 3.63) is 60.2 Å².